The van der Waals surface area contributed by atoms with Crippen LogP contribution in [0.15, 0.2) is 70.6 Å². The standard InChI is InChI=1S/C24H22N2O2S3/c1-3-28-24(27)21-16(2)20-22(30-14-17-10-6-4-7-11-17)25-19(26-23(20)31-21)15-29-18-12-8-5-9-13-18/h4-13H,3,14-15H2,1-2H3. The smallest absolute Gasteiger partial charge is 0.348 e. The zero-order valence-corrected chi connectivity index (χ0v) is 19.8. The van der Waals surface area contributed by atoms with Gasteiger partial charge in [-0.3, -0.25) is 0 Å². The van der Waals surface area contributed by atoms with E-state index in [0.717, 1.165) is 32.4 Å². The first-order valence-corrected chi connectivity index (χ1v) is 12.8. The summed E-state index contributed by atoms with van der Waals surface area (Å²) in [5.74, 6) is 1.96. The van der Waals surface area contributed by atoms with Gasteiger partial charge in [0.15, 0.2) is 0 Å². The molecule has 0 saturated heterocycles. The maximum Gasteiger partial charge on any atom is 0.348 e. The Bertz CT molecular complexity index is 1180. The minimum atomic E-state index is -0.290. The second-order valence-corrected chi connectivity index (χ2v) is 9.79. The summed E-state index contributed by atoms with van der Waals surface area (Å²) in [5.41, 5.74) is 2.13. The van der Waals surface area contributed by atoms with Crippen LogP contribution >= 0.6 is 34.9 Å². The Morgan fingerprint density at radius 1 is 0.968 bits per heavy atom. The van der Waals surface area contributed by atoms with Gasteiger partial charge in [0.05, 0.1) is 12.4 Å². The lowest BCUT2D eigenvalue weighted by atomic mass is 10.2. The molecule has 2 aromatic heterocycles. The van der Waals surface area contributed by atoms with E-state index in [2.05, 4.69) is 24.3 Å². The van der Waals surface area contributed by atoms with E-state index in [1.165, 1.54) is 21.8 Å². The van der Waals surface area contributed by atoms with Crippen molar-refractivity contribution in [2.45, 2.75) is 35.3 Å². The van der Waals surface area contributed by atoms with Crippen molar-refractivity contribution in [3.8, 4) is 0 Å². The highest BCUT2D eigenvalue weighted by molar-refractivity contribution is 7.99. The number of nitrogens with zero attached hydrogens (tertiary/aromatic N) is 2. The van der Waals surface area contributed by atoms with E-state index in [-0.39, 0.29) is 5.97 Å². The van der Waals surface area contributed by atoms with Crippen LogP contribution < -0.4 is 0 Å². The fourth-order valence-corrected chi connectivity index (χ4v) is 6.09. The van der Waals surface area contributed by atoms with Gasteiger partial charge < -0.3 is 4.74 Å². The molecule has 158 valence electrons. The second-order valence-electron chi connectivity index (χ2n) is 6.78. The minimum Gasteiger partial charge on any atom is -0.462 e. The predicted octanol–water partition coefficient (Wildman–Crippen LogP) is 6.76. The van der Waals surface area contributed by atoms with Gasteiger partial charge in [-0.25, -0.2) is 14.8 Å². The molecule has 0 atom stereocenters. The van der Waals surface area contributed by atoms with Crippen LogP contribution in [-0.4, -0.2) is 22.5 Å². The third-order valence-electron chi connectivity index (χ3n) is 4.59. The third kappa shape index (κ3) is 5.29. The molecule has 4 nitrogen and oxygen atoms in total. The fourth-order valence-electron chi connectivity index (χ4n) is 3.10. The van der Waals surface area contributed by atoms with Gasteiger partial charge >= 0.3 is 5.97 Å². The number of aryl methyl sites for hydroxylation is 1. The van der Waals surface area contributed by atoms with Gasteiger partial charge in [-0.15, -0.1) is 34.9 Å². The molecular weight excluding hydrogens is 444 g/mol. The first-order chi connectivity index (χ1) is 15.2. The van der Waals surface area contributed by atoms with Crippen molar-refractivity contribution in [2.24, 2.45) is 0 Å². The molecule has 0 saturated carbocycles. The highest BCUT2D eigenvalue weighted by atomic mass is 32.2. The average molecular weight is 467 g/mol. The highest BCUT2D eigenvalue weighted by Crippen LogP contribution is 2.37. The van der Waals surface area contributed by atoms with E-state index < -0.39 is 0 Å². The number of ether oxygens (including phenoxy) is 1. The third-order valence-corrected chi connectivity index (χ3v) is 7.81. The SMILES string of the molecule is CCOC(=O)c1sc2nc(CSc3ccccc3)nc(SCc3ccccc3)c2c1C. The van der Waals surface area contributed by atoms with E-state index in [0.29, 0.717) is 17.2 Å². The van der Waals surface area contributed by atoms with Crippen molar-refractivity contribution in [3.05, 3.63) is 82.5 Å². The summed E-state index contributed by atoms with van der Waals surface area (Å²) in [6.07, 6.45) is 0. The number of thiophene rings is 1. The molecule has 0 fully saturated rings. The summed E-state index contributed by atoms with van der Waals surface area (Å²) < 4.78 is 5.26. The Kier molecular flexibility index (Phi) is 7.27. The second kappa shape index (κ2) is 10.3. The van der Waals surface area contributed by atoms with Crippen molar-refractivity contribution in [2.75, 3.05) is 6.61 Å². The first kappa shape index (κ1) is 21.9. The highest BCUT2D eigenvalue weighted by Gasteiger charge is 2.21. The fraction of sp³-hybridized carbons (Fsp3) is 0.208. The number of carbonyl (C=O) groups excluding carboxylic acids is 1. The number of benzene rings is 2. The van der Waals surface area contributed by atoms with Crippen molar-refractivity contribution < 1.29 is 9.53 Å². The number of fused-ring (bicyclic) bond motifs is 1. The molecule has 0 amide bonds. The van der Waals surface area contributed by atoms with Crippen molar-refractivity contribution in [1.29, 1.82) is 0 Å². The van der Waals surface area contributed by atoms with Crippen molar-refractivity contribution in [3.63, 3.8) is 0 Å². The normalized spacial score (nSPS) is 11.0. The molecule has 2 aromatic carbocycles. The molecule has 0 spiro atoms. The van der Waals surface area contributed by atoms with Crippen LogP contribution in [-0.2, 0) is 16.2 Å². The molecule has 7 heteroatoms. The average Bonchev–Trinajstić information content (AvgIpc) is 3.14. The number of hydrogen-bond acceptors (Lipinski definition) is 7. The number of rotatable bonds is 8. The maximum absolute atomic E-state index is 12.5. The number of carbonyl (C=O) groups is 1. The van der Waals surface area contributed by atoms with Crippen LogP contribution in [0.5, 0.6) is 0 Å². The Morgan fingerprint density at radius 3 is 2.39 bits per heavy atom. The lowest BCUT2D eigenvalue weighted by molar-refractivity contribution is 0.0531. The molecule has 0 bridgehead atoms. The minimum absolute atomic E-state index is 0.290. The summed E-state index contributed by atoms with van der Waals surface area (Å²) >= 11 is 4.79. The summed E-state index contributed by atoms with van der Waals surface area (Å²) in [6, 6.07) is 20.6. The molecule has 4 aromatic rings. The Labute approximate surface area is 194 Å². The maximum atomic E-state index is 12.5. The number of thioether (sulfide) groups is 2. The number of esters is 1. The van der Waals surface area contributed by atoms with Gasteiger partial charge in [-0.2, -0.15) is 0 Å². The van der Waals surface area contributed by atoms with Crippen molar-refractivity contribution >= 4 is 51.0 Å². The molecular formula is C24H22N2O2S3. The lowest BCUT2D eigenvalue weighted by Gasteiger charge is -2.07. The zero-order valence-electron chi connectivity index (χ0n) is 17.3. The van der Waals surface area contributed by atoms with Crippen molar-refractivity contribution in [1.82, 2.24) is 9.97 Å². The van der Waals surface area contributed by atoms with E-state index in [1.54, 1.807) is 23.5 Å². The first-order valence-electron chi connectivity index (χ1n) is 9.97. The molecule has 0 aliphatic heterocycles. The van der Waals surface area contributed by atoms with Gasteiger partial charge in [0, 0.05) is 16.0 Å². The quantitative estimate of drug-likeness (QED) is 0.162. The number of aromatic nitrogens is 2. The van der Waals surface area contributed by atoms with Gasteiger partial charge in [0.2, 0.25) is 0 Å². The molecule has 0 radical (unpaired) electrons. The largest absolute Gasteiger partial charge is 0.462 e. The Morgan fingerprint density at radius 2 is 1.68 bits per heavy atom. The van der Waals surface area contributed by atoms with Crippen LogP contribution in [0.2, 0.25) is 0 Å². The molecule has 0 unspecified atom stereocenters. The molecule has 0 N–H and O–H groups in total. The summed E-state index contributed by atoms with van der Waals surface area (Å²) in [7, 11) is 0. The van der Waals surface area contributed by atoms with Crippen LogP contribution in [0, 0.1) is 6.92 Å². The van der Waals surface area contributed by atoms with Gasteiger partial charge in [0.1, 0.15) is 20.6 Å². The van der Waals surface area contributed by atoms with E-state index in [1.807, 2.05) is 50.2 Å². The van der Waals surface area contributed by atoms with Crippen LogP contribution in [0.1, 0.15) is 33.5 Å². The monoisotopic (exact) mass is 466 g/mol. The van der Waals surface area contributed by atoms with E-state index in [4.69, 9.17) is 14.7 Å². The predicted molar refractivity (Wildman–Crippen MR) is 130 cm³/mol. The molecule has 0 aliphatic carbocycles. The Balaban J connectivity index is 1.68. The van der Waals surface area contributed by atoms with E-state index in [9.17, 15) is 4.79 Å². The van der Waals surface area contributed by atoms with E-state index >= 15 is 0 Å². The molecule has 4 rings (SSSR count). The van der Waals surface area contributed by atoms with Crippen LogP contribution in [0.4, 0.5) is 0 Å². The number of hydrogen-bond donors (Lipinski definition) is 0. The molecule has 31 heavy (non-hydrogen) atoms. The topological polar surface area (TPSA) is 52.1 Å². The van der Waals surface area contributed by atoms with Gasteiger partial charge in [-0.1, -0.05) is 48.5 Å². The summed E-state index contributed by atoms with van der Waals surface area (Å²) in [6.45, 7) is 4.13. The lowest BCUT2D eigenvalue weighted by Crippen LogP contribution is -2.03. The van der Waals surface area contributed by atoms with Gasteiger partial charge in [-0.05, 0) is 37.1 Å². The zero-order chi connectivity index (χ0) is 21.6. The summed E-state index contributed by atoms with van der Waals surface area (Å²) in [5, 5.41) is 1.88. The van der Waals surface area contributed by atoms with Gasteiger partial charge in [0.25, 0.3) is 0 Å². The Hall–Kier alpha value is -2.35. The van der Waals surface area contributed by atoms with Crippen LogP contribution in [0.25, 0.3) is 10.2 Å². The van der Waals surface area contributed by atoms with Crippen LogP contribution in [0.3, 0.4) is 0 Å². The summed E-state index contributed by atoms with van der Waals surface area (Å²) in [4.78, 5) is 24.8. The molecule has 0 aliphatic rings. The molecule has 2 heterocycles.